The molecule has 1 N–H and O–H groups in total. The number of carbonyl (C=O) groups excluding carboxylic acids is 2. The van der Waals surface area contributed by atoms with E-state index in [-0.39, 0.29) is 23.8 Å². The van der Waals surface area contributed by atoms with E-state index in [4.69, 9.17) is 4.74 Å². The third-order valence-corrected chi connectivity index (χ3v) is 5.62. The van der Waals surface area contributed by atoms with Gasteiger partial charge in [-0.05, 0) is 30.5 Å². The Bertz CT molecular complexity index is 897. The highest BCUT2D eigenvalue weighted by Gasteiger charge is 2.22. The number of unbranched alkanes of at least 4 members (excludes halogenated alkanes) is 3. The van der Waals surface area contributed by atoms with Crippen molar-refractivity contribution in [3.63, 3.8) is 0 Å². The van der Waals surface area contributed by atoms with Gasteiger partial charge >= 0.3 is 0 Å². The number of nitrogens with zero attached hydrogens (tertiary/aromatic N) is 3. The van der Waals surface area contributed by atoms with E-state index in [2.05, 4.69) is 38.1 Å². The summed E-state index contributed by atoms with van der Waals surface area (Å²) in [7, 11) is 3.38. The second kappa shape index (κ2) is 12.5. The van der Waals surface area contributed by atoms with Gasteiger partial charge in [0.05, 0.1) is 12.3 Å². The lowest BCUT2D eigenvalue weighted by Crippen LogP contribution is -2.40. The van der Waals surface area contributed by atoms with Gasteiger partial charge < -0.3 is 15.0 Å². The van der Waals surface area contributed by atoms with Gasteiger partial charge in [0.25, 0.3) is 5.91 Å². The smallest absolute Gasteiger partial charge is 0.254 e. The highest BCUT2D eigenvalue weighted by molar-refractivity contribution is 5.99. The second-order valence-corrected chi connectivity index (χ2v) is 9.56. The predicted molar refractivity (Wildman–Crippen MR) is 133 cm³/mol. The lowest BCUT2D eigenvalue weighted by Gasteiger charge is -2.22. The maximum absolute atomic E-state index is 13.1. The molecule has 0 bridgehead atoms. The molecule has 2 rings (SSSR count). The molecule has 1 aromatic heterocycles. The monoisotopic (exact) mass is 456 g/mol. The number of rotatable bonds is 12. The first kappa shape index (κ1) is 26.6. The average Bonchev–Trinajstić information content (AvgIpc) is 3.14. The van der Waals surface area contributed by atoms with Crippen LogP contribution in [0.5, 0.6) is 0 Å². The molecule has 7 nitrogen and oxygen atoms in total. The van der Waals surface area contributed by atoms with Crippen LogP contribution in [0.25, 0.3) is 0 Å². The largest absolute Gasteiger partial charge is 0.383 e. The molecule has 0 aliphatic heterocycles. The molecule has 2 amide bonds. The van der Waals surface area contributed by atoms with Crippen LogP contribution < -0.4 is 5.32 Å². The quantitative estimate of drug-likeness (QED) is 0.475. The van der Waals surface area contributed by atoms with E-state index >= 15 is 0 Å². The SMILES string of the molecule is CCCCCCc1ccc(C(=O)N(CCOC)CC(=O)Nc2cc(C(C)(C)C)nn2C)cc1. The van der Waals surface area contributed by atoms with Gasteiger partial charge in [-0.2, -0.15) is 5.10 Å². The first-order valence-corrected chi connectivity index (χ1v) is 11.9. The summed E-state index contributed by atoms with van der Waals surface area (Å²) in [5, 5.41) is 7.37. The van der Waals surface area contributed by atoms with Gasteiger partial charge in [-0.1, -0.05) is 59.1 Å². The molecule has 0 unspecified atom stereocenters. The molecule has 0 aliphatic rings. The highest BCUT2D eigenvalue weighted by Crippen LogP contribution is 2.23. The van der Waals surface area contributed by atoms with Crippen LogP contribution in [0.4, 0.5) is 5.82 Å². The van der Waals surface area contributed by atoms with Crippen molar-refractivity contribution in [1.29, 1.82) is 0 Å². The summed E-state index contributed by atoms with van der Waals surface area (Å²) in [6, 6.07) is 9.60. The minimum atomic E-state index is -0.268. The molecular weight excluding hydrogens is 416 g/mol. The Morgan fingerprint density at radius 2 is 1.82 bits per heavy atom. The molecule has 0 fully saturated rings. The van der Waals surface area contributed by atoms with Crippen molar-refractivity contribution >= 4 is 17.6 Å². The Kier molecular flexibility index (Phi) is 10.1. The number of benzene rings is 1. The molecule has 0 saturated carbocycles. The van der Waals surface area contributed by atoms with Crippen molar-refractivity contribution in [2.75, 3.05) is 32.1 Å². The summed E-state index contributed by atoms with van der Waals surface area (Å²) in [5.41, 5.74) is 2.58. The number of hydrogen-bond donors (Lipinski definition) is 1. The third kappa shape index (κ3) is 8.31. The number of anilines is 1. The number of methoxy groups -OCH3 is 1. The minimum absolute atomic E-state index is 0.0585. The molecule has 0 saturated heterocycles. The zero-order valence-corrected chi connectivity index (χ0v) is 21.1. The lowest BCUT2D eigenvalue weighted by atomic mass is 9.92. The number of hydrogen-bond acceptors (Lipinski definition) is 4. The fraction of sp³-hybridized carbons (Fsp3) is 0.577. The molecule has 0 atom stereocenters. The molecule has 0 radical (unpaired) electrons. The fourth-order valence-corrected chi connectivity index (χ4v) is 3.51. The van der Waals surface area contributed by atoms with E-state index in [0.29, 0.717) is 24.5 Å². The summed E-state index contributed by atoms with van der Waals surface area (Å²) >= 11 is 0. The third-order valence-electron chi connectivity index (χ3n) is 5.62. The van der Waals surface area contributed by atoms with Crippen molar-refractivity contribution in [3.8, 4) is 0 Å². The number of carbonyl (C=O) groups is 2. The molecule has 1 aromatic carbocycles. The Morgan fingerprint density at radius 1 is 1.12 bits per heavy atom. The molecule has 33 heavy (non-hydrogen) atoms. The lowest BCUT2D eigenvalue weighted by molar-refractivity contribution is -0.117. The number of aromatic nitrogens is 2. The van der Waals surface area contributed by atoms with Crippen LogP contribution in [0.15, 0.2) is 30.3 Å². The maximum Gasteiger partial charge on any atom is 0.254 e. The number of amides is 2. The maximum atomic E-state index is 13.1. The fourth-order valence-electron chi connectivity index (χ4n) is 3.51. The molecule has 2 aromatic rings. The van der Waals surface area contributed by atoms with Gasteiger partial charge in [0.2, 0.25) is 5.91 Å². The van der Waals surface area contributed by atoms with Crippen molar-refractivity contribution in [3.05, 3.63) is 47.2 Å². The first-order valence-electron chi connectivity index (χ1n) is 11.9. The van der Waals surface area contributed by atoms with Crippen LogP contribution in [0, 0.1) is 0 Å². The van der Waals surface area contributed by atoms with Gasteiger partial charge in [-0.15, -0.1) is 0 Å². The Hall–Kier alpha value is -2.67. The zero-order chi connectivity index (χ0) is 24.4. The first-order chi connectivity index (χ1) is 15.7. The Morgan fingerprint density at radius 3 is 2.39 bits per heavy atom. The van der Waals surface area contributed by atoms with E-state index in [0.717, 1.165) is 18.5 Å². The molecule has 7 heteroatoms. The summed E-state index contributed by atoms with van der Waals surface area (Å²) in [5.74, 6) is 0.159. The van der Waals surface area contributed by atoms with Crippen molar-refractivity contribution in [2.45, 2.75) is 65.2 Å². The van der Waals surface area contributed by atoms with Gasteiger partial charge in [-0.25, -0.2) is 0 Å². The van der Waals surface area contributed by atoms with Crippen molar-refractivity contribution < 1.29 is 14.3 Å². The zero-order valence-electron chi connectivity index (χ0n) is 21.1. The standard InChI is InChI=1S/C26H40N4O3/c1-7-8-9-10-11-20-12-14-21(15-13-20)25(32)30(16-17-33-6)19-24(31)27-23-18-22(26(2,3)4)28-29(23)5/h12-15,18H,7-11,16-17,19H2,1-6H3,(H,27,31). The van der Waals surface area contributed by atoms with Gasteiger partial charge in [0.15, 0.2) is 0 Å². The molecule has 0 spiro atoms. The normalized spacial score (nSPS) is 11.5. The van der Waals surface area contributed by atoms with Crippen molar-refractivity contribution in [1.82, 2.24) is 14.7 Å². The summed E-state index contributed by atoms with van der Waals surface area (Å²) in [4.78, 5) is 27.4. The van der Waals surface area contributed by atoms with E-state index in [1.807, 2.05) is 30.3 Å². The Labute approximate surface area is 198 Å². The molecular formula is C26H40N4O3. The van der Waals surface area contributed by atoms with E-state index in [9.17, 15) is 9.59 Å². The summed E-state index contributed by atoms with van der Waals surface area (Å²) < 4.78 is 6.81. The van der Waals surface area contributed by atoms with Crippen LogP contribution in [0.3, 0.4) is 0 Å². The molecule has 0 aliphatic carbocycles. The van der Waals surface area contributed by atoms with Crippen LogP contribution in [-0.2, 0) is 28.4 Å². The van der Waals surface area contributed by atoms with Crippen molar-refractivity contribution in [2.24, 2.45) is 7.05 Å². The van der Waals surface area contributed by atoms with Gasteiger partial charge in [0, 0.05) is 37.7 Å². The van der Waals surface area contributed by atoms with Crippen LogP contribution >= 0.6 is 0 Å². The van der Waals surface area contributed by atoms with Gasteiger partial charge in [-0.3, -0.25) is 14.3 Å². The topological polar surface area (TPSA) is 76.5 Å². The van der Waals surface area contributed by atoms with Gasteiger partial charge in [0.1, 0.15) is 12.4 Å². The summed E-state index contributed by atoms with van der Waals surface area (Å²) in [6.07, 6.45) is 5.88. The average molecular weight is 457 g/mol. The van der Waals surface area contributed by atoms with E-state index < -0.39 is 0 Å². The van der Waals surface area contributed by atoms with Crippen LogP contribution in [0.1, 0.15) is 75.0 Å². The predicted octanol–water partition coefficient (Wildman–Crippen LogP) is 4.57. The van der Waals surface area contributed by atoms with E-state index in [1.165, 1.54) is 29.7 Å². The van der Waals surface area contributed by atoms with Crippen LogP contribution in [0.2, 0.25) is 0 Å². The molecule has 182 valence electrons. The number of nitrogens with one attached hydrogen (secondary N) is 1. The highest BCUT2D eigenvalue weighted by atomic mass is 16.5. The Balaban J connectivity index is 2.04. The molecule has 1 heterocycles. The summed E-state index contributed by atoms with van der Waals surface area (Å²) in [6.45, 7) is 9.05. The number of aryl methyl sites for hydroxylation is 2. The second-order valence-electron chi connectivity index (χ2n) is 9.56. The van der Waals surface area contributed by atoms with Crippen LogP contribution in [-0.4, -0.2) is 53.3 Å². The van der Waals surface area contributed by atoms with E-state index in [1.54, 1.807) is 18.8 Å². The number of ether oxygens (including phenoxy) is 1. The minimum Gasteiger partial charge on any atom is -0.383 e.